The molecule has 7 heteroatoms. The third-order valence-electron chi connectivity index (χ3n) is 2.56. The second kappa shape index (κ2) is 6.81. The molecular weight excluding hydrogens is 340 g/mol. The Morgan fingerprint density at radius 1 is 1.40 bits per heavy atom. The van der Waals surface area contributed by atoms with Gasteiger partial charge < -0.3 is 10.6 Å². The minimum Gasteiger partial charge on any atom is -0.360 e. The van der Waals surface area contributed by atoms with Crippen LogP contribution in [0.4, 0.5) is 10.8 Å². The molecule has 0 aliphatic rings. The average Bonchev–Trinajstić information content (AvgIpc) is 2.89. The summed E-state index contributed by atoms with van der Waals surface area (Å²) >= 11 is 4.68. The highest BCUT2D eigenvalue weighted by atomic mass is 79.9. The second-order valence-electron chi connectivity index (χ2n) is 4.26. The molecule has 0 saturated heterocycles. The minimum absolute atomic E-state index is 0.242. The number of rotatable bonds is 5. The van der Waals surface area contributed by atoms with Crippen LogP contribution in [0.25, 0.3) is 0 Å². The molecule has 0 atom stereocenters. The molecule has 5 nitrogen and oxygen atoms in total. The van der Waals surface area contributed by atoms with Gasteiger partial charge in [0.1, 0.15) is 0 Å². The number of hydrogen-bond donors (Lipinski definition) is 2. The smallest absolute Gasteiger partial charge is 0.286 e. The molecule has 2 rings (SSSR count). The molecule has 0 aliphatic carbocycles. The lowest BCUT2D eigenvalue weighted by Crippen LogP contribution is -2.11. The standard InChI is InChI=1S/C13H15BrN4OS/c1-3-6-15-13-18-17-12(20-13)11(19)16-9-4-5-10(14)8(2)7-9/h4-5,7H,3,6H2,1-2H3,(H,15,18)(H,16,19). The van der Waals surface area contributed by atoms with Gasteiger partial charge in [-0.25, -0.2) is 0 Å². The normalized spacial score (nSPS) is 10.3. The van der Waals surface area contributed by atoms with E-state index in [0.717, 1.165) is 28.7 Å². The summed E-state index contributed by atoms with van der Waals surface area (Å²) in [7, 11) is 0. The SMILES string of the molecule is CCCNc1nnc(C(=O)Nc2ccc(Br)c(C)c2)s1. The van der Waals surface area contributed by atoms with Gasteiger partial charge in [-0.2, -0.15) is 0 Å². The van der Waals surface area contributed by atoms with E-state index >= 15 is 0 Å². The predicted molar refractivity (Wildman–Crippen MR) is 85.5 cm³/mol. The van der Waals surface area contributed by atoms with Crippen molar-refractivity contribution in [1.82, 2.24) is 10.2 Å². The van der Waals surface area contributed by atoms with Crippen LogP contribution < -0.4 is 10.6 Å². The Hall–Kier alpha value is -1.47. The highest BCUT2D eigenvalue weighted by Crippen LogP contribution is 2.21. The summed E-state index contributed by atoms with van der Waals surface area (Å²) in [6, 6.07) is 5.64. The van der Waals surface area contributed by atoms with Crippen LogP contribution in [0.2, 0.25) is 0 Å². The molecule has 0 fully saturated rings. The van der Waals surface area contributed by atoms with Crippen LogP contribution in [0.5, 0.6) is 0 Å². The third-order valence-corrected chi connectivity index (χ3v) is 4.33. The maximum absolute atomic E-state index is 12.1. The van der Waals surface area contributed by atoms with Crippen LogP contribution >= 0.6 is 27.3 Å². The Kier molecular flexibility index (Phi) is 5.08. The summed E-state index contributed by atoms with van der Waals surface area (Å²) in [5.74, 6) is -0.242. The summed E-state index contributed by atoms with van der Waals surface area (Å²) in [5.41, 5.74) is 1.80. The van der Waals surface area contributed by atoms with Crippen molar-refractivity contribution in [2.45, 2.75) is 20.3 Å². The van der Waals surface area contributed by atoms with Crippen molar-refractivity contribution in [2.75, 3.05) is 17.2 Å². The largest absolute Gasteiger partial charge is 0.360 e. The number of nitrogens with zero attached hydrogens (tertiary/aromatic N) is 2. The first-order valence-electron chi connectivity index (χ1n) is 6.25. The van der Waals surface area contributed by atoms with Gasteiger partial charge in [0.2, 0.25) is 10.1 Å². The third kappa shape index (κ3) is 3.77. The van der Waals surface area contributed by atoms with E-state index in [9.17, 15) is 4.79 Å². The fourth-order valence-corrected chi connectivity index (χ4v) is 2.44. The highest BCUT2D eigenvalue weighted by molar-refractivity contribution is 9.10. The number of carbonyl (C=O) groups is 1. The van der Waals surface area contributed by atoms with Crippen molar-refractivity contribution in [1.29, 1.82) is 0 Å². The van der Waals surface area contributed by atoms with Gasteiger partial charge in [0, 0.05) is 16.7 Å². The van der Waals surface area contributed by atoms with E-state index < -0.39 is 0 Å². The lowest BCUT2D eigenvalue weighted by molar-refractivity contribution is 0.102. The van der Waals surface area contributed by atoms with E-state index in [2.05, 4.69) is 43.7 Å². The van der Waals surface area contributed by atoms with Gasteiger partial charge in [-0.15, -0.1) is 10.2 Å². The Balaban J connectivity index is 2.03. The molecule has 1 amide bonds. The van der Waals surface area contributed by atoms with E-state index in [-0.39, 0.29) is 5.91 Å². The Morgan fingerprint density at radius 3 is 2.90 bits per heavy atom. The van der Waals surface area contributed by atoms with Gasteiger partial charge in [0.25, 0.3) is 5.91 Å². The van der Waals surface area contributed by atoms with Crippen molar-refractivity contribution in [3.05, 3.63) is 33.2 Å². The number of anilines is 2. The highest BCUT2D eigenvalue weighted by Gasteiger charge is 2.13. The Morgan fingerprint density at radius 2 is 2.20 bits per heavy atom. The number of nitrogens with one attached hydrogen (secondary N) is 2. The molecule has 0 spiro atoms. The van der Waals surface area contributed by atoms with Crippen molar-refractivity contribution in [3.8, 4) is 0 Å². The number of aryl methyl sites for hydroxylation is 1. The number of benzene rings is 1. The fourth-order valence-electron chi connectivity index (χ4n) is 1.53. The van der Waals surface area contributed by atoms with Gasteiger partial charge in [-0.3, -0.25) is 4.79 Å². The Bertz CT molecular complexity index is 614. The summed E-state index contributed by atoms with van der Waals surface area (Å²) < 4.78 is 1.01. The molecule has 106 valence electrons. The van der Waals surface area contributed by atoms with Gasteiger partial charge in [0.15, 0.2) is 0 Å². The van der Waals surface area contributed by atoms with Gasteiger partial charge in [0.05, 0.1) is 0 Å². The molecule has 2 N–H and O–H groups in total. The number of carbonyl (C=O) groups excluding carboxylic acids is 1. The fraction of sp³-hybridized carbons (Fsp3) is 0.308. The molecule has 1 heterocycles. The minimum atomic E-state index is -0.242. The maximum atomic E-state index is 12.1. The predicted octanol–water partition coefficient (Wildman–Crippen LogP) is 3.68. The van der Waals surface area contributed by atoms with Crippen LogP contribution in [-0.2, 0) is 0 Å². The molecule has 2 aromatic rings. The van der Waals surface area contributed by atoms with Crippen LogP contribution in [0.15, 0.2) is 22.7 Å². The van der Waals surface area contributed by atoms with Crippen molar-refractivity contribution < 1.29 is 4.79 Å². The lowest BCUT2D eigenvalue weighted by Gasteiger charge is -2.04. The van der Waals surface area contributed by atoms with Crippen LogP contribution in [0.3, 0.4) is 0 Å². The van der Waals surface area contributed by atoms with Crippen LogP contribution in [0.1, 0.15) is 28.7 Å². The first-order chi connectivity index (χ1) is 9.60. The average molecular weight is 355 g/mol. The van der Waals surface area contributed by atoms with Crippen molar-refractivity contribution >= 4 is 44.0 Å². The molecule has 0 radical (unpaired) electrons. The molecule has 20 heavy (non-hydrogen) atoms. The van der Waals surface area contributed by atoms with Gasteiger partial charge >= 0.3 is 0 Å². The van der Waals surface area contributed by atoms with E-state index in [1.54, 1.807) is 0 Å². The first kappa shape index (κ1) is 14.9. The summed E-state index contributed by atoms with van der Waals surface area (Å²) in [6.07, 6.45) is 0.999. The maximum Gasteiger partial charge on any atom is 0.286 e. The number of aromatic nitrogens is 2. The van der Waals surface area contributed by atoms with Gasteiger partial charge in [-0.1, -0.05) is 34.2 Å². The molecule has 0 bridgehead atoms. The monoisotopic (exact) mass is 354 g/mol. The van der Waals surface area contributed by atoms with Crippen molar-refractivity contribution in [2.24, 2.45) is 0 Å². The Labute approximate surface area is 129 Å². The molecular formula is C13H15BrN4OS. The van der Waals surface area contributed by atoms with Gasteiger partial charge in [-0.05, 0) is 37.1 Å². The zero-order chi connectivity index (χ0) is 14.5. The number of amides is 1. The zero-order valence-corrected chi connectivity index (χ0v) is 13.6. The second-order valence-corrected chi connectivity index (χ2v) is 6.09. The molecule has 1 aromatic carbocycles. The molecule has 0 unspecified atom stereocenters. The van der Waals surface area contributed by atoms with E-state index in [1.807, 2.05) is 25.1 Å². The molecule has 0 aliphatic heterocycles. The van der Waals surface area contributed by atoms with E-state index in [0.29, 0.717) is 10.1 Å². The summed E-state index contributed by atoms with van der Waals surface area (Å²) in [6.45, 7) is 4.86. The van der Waals surface area contributed by atoms with Crippen molar-refractivity contribution in [3.63, 3.8) is 0 Å². The topological polar surface area (TPSA) is 66.9 Å². The van der Waals surface area contributed by atoms with E-state index in [4.69, 9.17) is 0 Å². The number of hydrogen-bond acceptors (Lipinski definition) is 5. The zero-order valence-electron chi connectivity index (χ0n) is 11.2. The van der Waals surface area contributed by atoms with Crippen LogP contribution in [-0.4, -0.2) is 22.6 Å². The van der Waals surface area contributed by atoms with Crippen LogP contribution in [0, 0.1) is 6.92 Å². The lowest BCUT2D eigenvalue weighted by atomic mass is 10.2. The number of halogens is 1. The molecule has 1 aromatic heterocycles. The first-order valence-corrected chi connectivity index (χ1v) is 7.86. The van der Waals surface area contributed by atoms with E-state index in [1.165, 1.54) is 11.3 Å². The summed E-state index contributed by atoms with van der Waals surface area (Å²) in [5, 5.41) is 14.8. The quantitative estimate of drug-likeness (QED) is 0.859. The molecule has 0 saturated carbocycles. The summed E-state index contributed by atoms with van der Waals surface area (Å²) in [4.78, 5) is 12.1.